The molecule has 1 aromatic rings. The highest BCUT2D eigenvalue weighted by molar-refractivity contribution is 5.72. The summed E-state index contributed by atoms with van der Waals surface area (Å²) in [6, 6.07) is 0. The minimum absolute atomic E-state index is 0.144. The third-order valence-electron chi connectivity index (χ3n) is 1.56. The maximum Gasteiger partial charge on any atom is 0.309 e. The van der Waals surface area contributed by atoms with Gasteiger partial charge in [-0.05, 0) is 0 Å². The summed E-state index contributed by atoms with van der Waals surface area (Å²) in [6.45, 7) is 0. The van der Waals surface area contributed by atoms with Crippen LogP contribution in [0.2, 0.25) is 0 Å². The Balaban J connectivity index is 2.65. The van der Waals surface area contributed by atoms with Crippen molar-refractivity contribution in [2.24, 2.45) is 0 Å². The van der Waals surface area contributed by atoms with Gasteiger partial charge >= 0.3 is 5.97 Å². The van der Waals surface area contributed by atoms with E-state index in [1.54, 1.807) is 6.08 Å². The molecule has 0 fully saturated rings. The smallest absolute Gasteiger partial charge is 0.309 e. The molecule has 0 unspecified atom stereocenters. The molecule has 14 heavy (non-hydrogen) atoms. The highest BCUT2D eigenvalue weighted by atomic mass is 16.5. The summed E-state index contributed by atoms with van der Waals surface area (Å²) in [5, 5.41) is 0. The maximum atomic E-state index is 11.1. The molecule has 0 saturated carbocycles. The van der Waals surface area contributed by atoms with Crippen molar-refractivity contribution >= 4 is 12.0 Å². The Hall–Kier alpha value is -1.91. The van der Waals surface area contributed by atoms with Gasteiger partial charge in [-0.25, -0.2) is 4.98 Å². The fraction of sp³-hybridized carbons (Fsp3) is 0.222. The molecule has 0 aliphatic rings. The van der Waals surface area contributed by atoms with E-state index < -0.39 is 0 Å². The number of hydrogen-bond acceptors (Lipinski definition) is 4. The molecule has 1 rings (SSSR count). The van der Waals surface area contributed by atoms with E-state index in [0.717, 1.165) is 0 Å². The van der Waals surface area contributed by atoms with Crippen molar-refractivity contribution in [3.8, 4) is 0 Å². The van der Waals surface area contributed by atoms with E-state index in [0.29, 0.717) is 5.56 Å². The van der Waals surface area contributed by atoms with Gasteiger partial charge in [0.05, 0.1) is 25.4 Å². The molecule has 0 bridgehead atoms. The largest absolute Gasteiger partial charge is 0.469 e. The van der Waals surface area contributed by atoms with Gasteiger partial charge in [0.1, 0.15) is 0 Å². The first kappa shape index (κ1) is 10.2. The molecule has 0 aromatic carbocycles. The van der Waals surface area contributed by atoms with E-state index in [-0.39, 0.29) is 17.9 Å². The Labute approximate surface area is 80.4 Å². The van der Waals surface area contributed by atoms with Gasteiger partial charge in [0.15, 0.2) is 0 Å². The zero-order chi connectivity index (χ0) is 10.4. The van der Waals surface area contributed by atoms with Crippen molar-refractivity contribution in [3.05, 3.63) is 34.5 Å². The summed E-state index contributed by atoms with van der Waals surface area (Å²) < 4.78 is 4.43. The fourth-order valence-corrected chi connectivity index (χ4v) is 0.840. The lowest BCUT2D eigenvalue weighted by molar-refractivity contribution is -0.139. The lowest BCUT2D eigenvalue weighted by Gasteiger charge is -1.92. The van der Waals surface area contributed by atoms with Crippen LogP contribution in [-0.2, 0) is 9.53 Å². The van der Waals surface area contributed by atoms with Crippen molar-refractivity contribution in [1.29, 1.82) is 0 Å². The summed E-state index contributed by atoms with van der Waals surface area (Å²) >= 11 is 0. The Morgan fingerprint density at radius 2 is 2.50 bits per heavy atom. The molecule has 0 aliphatic carbocycles. The van der Waals surface area contributed by atoms with Gasteiger partial charge in [-0.2, -0.15) is 0 Å². The summed E-state index contributed by atoms with van der Waals surface area (Å²) in [6.07, 6.45) is 5.96. The predicted octanol–water partition coefficient (Wildman–Crippen LogP) is 0.346. The minimum Gasteiger partial charge on any atom is -0.469 e. The molecule has 74 valence electrons. The Kier molecular flexibility index (Phi) is 3.60. The maximum absolute atomic E-state index is 11.1. The van der Waals surface area contributed by atoms with Gasteiger partial charge in [-0.3, -0.25) is 9.59 Å². The van der Waals surface area contributed by atoms with Gasteiger partial charge in [0.25, 0.3) is 5.56 Å². The van der Waals surface area contributed by atoms with Crippen LogP contribution in [0.3, 0.4) is 0 Å². The average Bonchev–Trinajstić information content (AvgIpc) is 2.20. The van der Waals surface area contributed by atoms with Crippen LogP contribution in [-0.4, -0.2) is 23.0 Å². The third kappa shape index (κ3) is 2.85. The number of carbonyl (C=O) groups excluding carboxylic acids is 1. The van der Waals surface area contributed by atoms with Gasteiger partial charge in [-0.15, -0.1) is 0 Å². The van der Waals surface area contributed by atoms with Gasteiger partial charge in [0, 0.05) is 6.20 Å². The van der Waals surface area contributed by atoms with Crippen LogP contribution < -0.4 is 5.56 Å². The molecule has 0 spiro atoms. The van der Waals surface area contributed by atoms with E-state index in [1.165, 1.54) is 25.7 Å². The molecule has 0 radical (unpaired) electrons. The number of rotatable bonds is 3. The van der Waals surface area contributed by atoms with Gasteiger partial charge < -0.3 is 9.72 Å². The molecule has 1 aromatic heterocycles. The van der Waals surface area contributed by atoms with Crippen molar-refractivity contribution in [2.75, 3.05) is 7.11 Å². The summed E-state index contributed by atoms with van der Waals surface area (Å²) in [5.74, 6) is -0.346. The van der Waals surface area contributed by atoms with E-state index in [2.05, 4.69) is 14.7 Å². The number of esters is 1. The van der Waals surface area contributed by atoms with Crippen molar-refractivity contribution in [3.63, 3.8) is 0 Å². The van der Waals surface area contributed by atoms with Crippen LogP contribution in [0.5, 0.6) is 0 Å². The fourth-order valence-electron chi connectivity index (χ4n) is 0.840. The zero-order valence-corrected chi connectivity index (χ0v) is 7.69. The predicted molar refractivity (Wildman–Crippen MR) is 50.5 cm³/mol. The normalized spacial score (nSPS) is 10.4. The first-order chi connectivity index (χ1) is 6.74. The van der Waals surface area contributed by atoms with Gasteiger partial charge in [0.2, 0.25) is 0 Å². The van der Waals surface area contributed by atoms with E-state index in [1.807, 2.05) is 0 Å². The van der Waals surface area contributed by atoms with E-state index in [4.69, 9.17) is 0 Å². The molecule has 5 nitrogen and oxygen atoms in total. The van der Waals surface area contributed by atoms with Crippen molar-refractivity contribution in [2.45, 2.75) is 6.42 Å². The van der Waals surface area contributed by atoms with Crippen LogP contribution in [0, 0.1) is 0 Å². The number of nitrogens with one attached hydrogen (secondary N) is 1. The molecule has 5 heteroatoms. The lowest BCUT2D eigenvalue weighted by Crippen LogP contribution is -2.08. The SMILES string of the molecule is COC(=O)CC=Cc1cnc[nH]c1=O. The van der Waals surface area contributed by atoms with Crippen LogP contribution in [0.25, 0.3) is 6.08 Å². The molecule has 0 atom stereocenters. The molecular formula is C9H10N2O3. The van der Waals surface area contributed by atoms with Crippen LogP contribution in [0.15, 0.2) is 23.4 Å². The molecule has 0 saturated heterocycles. The molecule has 1 N–H and O–H groups in total. The molecule has 0 aliphatic heterocycles. The number of carbonyl (C=O) groups is 1. The summed E-state index contributed by atoms with van der Waals surface area (Å²) in [7, 11) is 1.31. The molecular weight excluding hydrogens is 184 g/mol. The summed E-state index contributed by atoms with van der Waals surface area (Å²) in [5.41, 5.74) is 0.178. The topological polar surface area (TPSA) is 72.0 Å². The Bertz CT molecular complexity index is 395. The van der Waals surface area contributed by atoms with Crippen molar-refractivity contribution in [1.82, 2.24) is 9.97 Å². The molecule has 1 heterocycles. The number of H-pyrrole nitrogens is 1. The number of ether oxygens (including phenoxy) is 1. The first-order valence-corrected chi connectivity index (χ1v) is 4.00. The number of nitrogens with zero attached hydrogens (tertiary/aromatic N) is 1. The third-order valence-corrected chi connectivity index (χ3v) is 1.56. The number of aromatic nitrogens is 2. The quantitative estimate of drug-likeness (QED) is 0.704. The Morgan fingerprint density at radius 3 is 3.14 bits per heavy atom. The average molecular weight is 194 g/mol. The number of hydrogen-bond donors (Lipinski definition) is 1. The zero-order valence-electron chi connectivity index (χ0n) is 7.69. The van der Waals surface area contributed by atoms with Crippen LogP contribution in [0.1, 0.15) is 12.0 Å². The highest BCUT2D eigenvalue weighted by Gasteiger charge is 1.96. The standard InChI is InChI=1S/C9H10N2O3/c1-14-8(12)4-2-3-7-5-10-6-11-9(7)13/h2-3,5-6H,4H2,1H3,(H,10,11,13). The monoisotopic (exact) mass is 194 g/mol. The Morgan fingerprint density at radius 1 is 1.71 bits per heavy atom. The second kappa shape index (κ2) is 4.96. The van der Waals surface area contributed by atoms with Crippen molar-refractivity contribution < 1.29 is 9.53 Å². The second-order valence-corrected chi connectivity index (χ2v) is 2.52. The minimum atomic E-state index is -0.346. The number of aromatic amines is 1. The van der Waals surface area contributed by atoms with Crippen LogP contribution in [0.4, 0.5) is 0 Å². The van der Waals surface area contributed by atoms with E-state index >= 15 is 0 Å². The molecule has 0 amide bonds. The summed E-state index contributed by atoms with van der Waals surface area (Å²) in [4.78, 5) is 28.0. The van der Waals surface area contributed by atoms with E-state index in [9.17, 15) is 9.59 Å². The van der Waals surface area contributed by atoms with Gasteiger partial charge in [-0.1, -0.05) is 12.2 Å². The van der Waals surface area contributed by atoms with Crippen LogP contribution >= 0.6 is 0 Å². The second-order valence-electron chi connectivity index (χ2n) is 2.52. The number of methoxy groups -OCH3 is 1. The lowest BCUT2D eigenvalue weighted by atomic mass is 10.3. The first-order valence-electron chi connectivity index (χ1n) is 4.00. The highest BCUT2D eigenvalue weighted by Crippen LogP contribution is 1.94.